The maximum Gasteiger partial charge on any atom is 0.276 e. The lowest BCUT2D eigenvalue weighted by Crippen LogP contribution is -2.03. The van der Waals surface area contributed by atoms with Crippen LogP contribution < -0.4 is 14.2 Å². The highest BCUT2D eigenvalue weighted by molar-refractivity contribution is 5.58. The molecule has 0 aliphatic heterocycles. The van der Waals surface area contributed by atoms with E-state index in [1.807, 2.05) is 0 Å². The molecule has 0 N–H and O–H groups in total. The van der Waals surface area contributed by atoms with E-state index in [1.165, 1.54) is 45.6 Å². The summed E-state index contributed by atoms with van der Waals surface area (Å²) < 4.78 is 15.5. The molecule has 0 aromatic heterocycles. The topological polar surface area (TPSA) is 114 Å². The molecule has 0 radical (unpaired) electrons. The quantitative estimate of drug-likeness (QED) is 0.547. The first kappa shape index (κ1) is 19.0. The SMILES string of the molecule is COc1cc(Cc2cc(OC)c(OC)cc2[N+](=O)[O-])c([N+](=O)[O-])cc1C. The molecule has 0 unspecified atom stereocenters. The molecule has 2 aromatic carbocycles. The lowest BCUT2D eigenvalue weighted by Gasteiger charge is -2.12. The summed E-state index contributed by atoms with van der Waals surface area (Å²) >= 11 is 0. The minimum absolute atomic E-state index is 0.0381. The molecule has 2 aromatic rings. The third kappa shape index (κ3) is 3.66. The number of nitrogens with zero attached hydrogens (tertiary/aromatic N) is 2. The molecule has 0 amide bonds. The lowest BCUT2D eigenvalue weighted by molar-refractivity contribution is -0.386. The zero-order valence-electron chi connectivity index (χ0n) is 14.8. The largest absolute Gasteiger partial charge is 0.496 e. The van der Waals surface area contributed by atoms with Gasteiger partial charge in [-0.05, 0) is 24.6 Å². The summed E-state index contributed by atoms with van der Waals surface area (Å²) in [6, 6.07) is 5.60. The monoisotopic (exact) mass is 362 g/mol. The molecule has 26 heavy (non-hydrogen) atoms. The number of hydrogen-bond donors (Lipinski definition) is 0. The van der Waals surface area contributed by atoms with Gasteiger partial charge < -0.3 is 14.2 Å². The van der Waals surface area contributed by atoms with Crippen molar-refractivity contribution in [2.24, 2.45) is 0 Å². The fourth-order valence-electron chi connectivity index (χ4n) is 2.67. The van der Waals surface area contributed by atoms with Crippen LogP contribution in [0.3, 0.4) is 0 Å². The molecule has 9 heteroatoms. The Hall–Kier alpha value is -3.36. The molecule has 0 heterocycles. The lowest BCUT2D eigenvalue weighted by atomic mass is 9.99. The van der Waals surface area contributed by atoms with Crippen LogP contribution in [0.5, 0.6) is 17.2 Å². The Morgan fingerprint density at radius 1 is 0.769 bits per heavy atom. The van der Waals surface area contributed by atoms with E-state index < -0.39 is 9.85 Å². The molecule has 0 saturated heterocycles. The van der Waals surface area contributed by atoms with Crippen LogP contribution in [0, 0.1) is 27.2 Å². The molecule has 138 valence electrons. The van der Waals surface area contributed by atoms with Gasteiger partial charge in [0.05, 0.1) is 37.2 Å². The second-order valence-corrected chi connectivity index (χ2v) is 5.48. The first-order valence-electron chi connectivity index (χ1n) is 7.53. The molecule has 0 fully saturated rings. The Balaban J connectivity index is 2.64. The van der Waals surface area contributed by atoms with Crippen LogP contribution in [-0.4, -0.2) is 31.2 Å². The maximum atomic E-state index is 11.4. The van der Waals surface area contributed by atoms with Gasteiger partial charge >= 0.3 is 0 Å². The van der Waals surface area contributed by atoms with Crippen LogP contribution in [0.1, 0.15) is 16.7 Å². The van der Waals surface area contributed by atoms with Gasteiger partial charge in [-0.25, -0.2) is 0 Å². The van der Waals surface area contributed by atoms with E-state index in [-0.39, 0.29) is 29.1 Å². The first-order valence-corrected chi connectivity index (χ1v) is 7.53. The summed E-state index contributed by atoms with van der Waals surface area (Å²) in [6.07, 6.45) is -0.0381. The zero-order valence-corrected chi connectivity index (χ0v) is 14.8. The fraction of sp³-hybridized carbons (Fsp3) is 0.294. The normalized spacial score (nSPS) is 10.3. The highest BCUT2D eigenvalue weighted by Crippen LogP contribution is 2.37. The molecule has 0 saturated carbocycles. The predicted molar refractivity (Wildman–Crippen MR) is 93.4 cm³/mol. The summed E-state index contributed by atoms with van der Waals surface area (Å²) in [7, 11) is 4.23. The highest BCUT2D eigenvalue weighted by atomic mass is 16.6. The third-order valence-corrected chi connectivity index (χ3v) is 3.96. The molecule has 2 rings (SSSR count). The summed E-state index contributed by atoms with van der Waals surface area (Å²) in [5, 5.41) is 22.8. The minimum atomic E-state index is -0.561. The standard InChI is InChI=1S/C17H18N2O7/c1-10-5-13(18(20)21)11(7-15(10)24-2)6-12-8-16(25-3)17(26-4)9-14(12)19(22)23/h5,7-9H,6H2,1-4H3. The van der Waals surface area contributed by atoms with Crippen molar-refractivity contribution in [2.75, 3.05) is 21.3 Å². The van der Waals surface area contributed by atoms with E-state index in [9.17, 15) is 20.2 Å². The molecule has 9 nitrogen and oxygen atoms in total. The Morgan fingerprint density at radius 3 is 1.65 bits per heavy atom. The number of rotatable bonds is 7. The third-order valence-electron chi connectivity index (χ3n) is 3.96. The van der Waals surface area contributed by atoms with E-state index in [0.717, 1.165) is 0 Å². The molecular weight excluding hydrogens is 344 g/mol. The van der Waals surface area contributed by atoms with Crippen LogP contribution in [-0.2, 0) is 6.42 Å². The van der Waals surface area contributed by atoms with E-state index >= 15 is 0 Å². The smallest absolute Gasteiger partial charge is 0.276 e. The molecule has 0 aliphatic rings. The summed E-state index contributed by atoms with van der Waals surface area (Å²) in [6.45, 7) is 1.69. The molecule has 0 aliphatic carbocycles. The average molecular weight is 362 g/mol. The van der Waals surface area contributed by atoms with Crippen molar-refractivity contribution in [1.29, 1.82) is 0 Å². The Bertz CT molecular complexity index is 865. The molecule has 0 atom stereocenters. The van der Waals surface area contributed by atoms with E-state index in [1.54, 1.807) is 6.92 Å². The van der Waals surface area contributed by atoms with Crippen LogP contribution in [0.2, 0.25) is 0 Å². The zero-order chi connectivity index (χ0) is 19.4. The van der Waals surface area contributed by atoms with E-state index in [0.29, 0.717) is 22.6 Å². The van der Waals surface area contributed by atoms with Crippen LogP contribution >= 0.6 is 0 Å². The molecule has 0 spiro atoms. The Labute approximate surface area is 149 Å². The van der Waals surface area contributed by atoms with Gasteiger partial charge in [-0.1, -0.05) is 0 Å². The average Bonchev–Trinajstić information content (AvgIpc) is 2.61. The number of hydrogen-bond acceptors (Lipinski definition) is 7. The van der Waals surface area contributed by atoms with Crippen molar-refractivity contribution in [2.45, 2.75) is 13.3 Å². The van der Waals surface area contributed by atoms with Gasteiger partial charge in [-0.15, -0.1) is 0 Å². The van der Waals surface area contributed by atoms with Gasteiger partial charge in [-0.3, -0.25) is 20.2 Å². The molecular formula is C17H18N2O7. The Morgan fingerprint density at radius 2 is 1.19 bits per heavy atom. The van der Waals surface area contributed by atoms with Gasteiger partial charge in [0, 0.05) is 23.6 Å². The van der Waals surface area contributed by atoms with E-state index in [4.69, 9.17) is 14.2 Å². The maximum absolute atomic E-state index is 11.4. The van der Waals surface area contributed by atoms with Gasteiger partial charge in [-0.2, -0.15) is 0 Å². The van der Waals surface area contributed by atoms with Crippen LogP contribution in [0.25, 0.3) is 0 Å². The summed E-state index contributed by atoms with van der Waals surface area (Å²) in [5.74, 6) is 0.975. The molecule has 0 bridgehead atoms. The van der Waals surface area contributed by atoms with Gasteiger partial charge in [0.25, 0.3) is 11.4 Å². The second-order valence-electron chi connectivity index (χ2n) is 5.48. The highest BCUT2D eigenvalue weighted by Gasteiger charge is 2.24. The van der Waals surface area contributed by atoms with Gasteiger partial charge in [0.1, 0.15) is 5.75 Å². The number of benzene rings is 2. The fourth-order valence-corrected chi connectivity index (χ4v) is 2.67. The number of ether oxygens (including phenoxy) is 3. The minimum Gasteiger partial charge on any atom is -0.496 e. The van der Waals surface area contributed by atoms with Crippen molar-refractivity contribution in [3.8, 4) is 17.2 Å². The number of methoxy groups -OCH3 is 3. The van der Waals surface area contributed by atoms with Crippen molar-refractivity contribution < 1.29 is 24.1 Å². The predicted octanol–water partition coefficient (Wildman–Crippen LogP) is 3.43. The Kier molecular flexibility index (Phi) is 5.61. The van der Waals surface area contributed by atoms with Crippen molar-refractivity contribution in [3.05, 3.63) is 61.2 Å². The number of nitro groups is 2. The van der Waals surface area contributed by atoms with Gasteiger partial charge in [0.2, 0.25) is 0 Å². The van der Waals surface area contributed by atoms with E-state index in [2.05, 4.69) is 0 Å². The first-order chi connectivity index (χ1) is 12.3. The van der Waals surface area contributed by atoms with Gasteiger partial charge in [0.15, 0.2) is 11.5 Å². The van der Waals surface area contributed by atoms with Crippen LogP contribution in [0.15, 0.2) is 24.3 Å². The van der Waals surface area contributed by atoms with Crippen LogP contribution in [0.4, 0.5) is 11.4 Å². The number of aryl methyl sites for hydroxylation is 1. The number of nitro benzene ring substituents is 2. The second kappa shape index (κ2) is 7.68. The van der Waals surface area contributed by atoms with Crippen molar-refractivity contribution in [1.82, 2.24) is 0 Å². The summed E-state index contributed by atoms with van der Waals surface area (Å²) in [5.41, 5.74) is 0.822. The summed E-state index contributed by atoms with van der Waals surface area (Å²) in [4.78, 5) is 21.7. The van der Waals surface area contributed by atoms with Crippen molar-refractivity contribution in [3.63, 3.8) is 0 Å². The van der Waals surface area contributed by atoms with Crippen molar-refractivity contribution >= 4 is 11.4 Å².